The van der Waals surface area contributed by atoms with Gasteiger partial charge in [-0.3, -0.25) is 9.59 Å². The molecule has 2 amide bonds. The maximum atomic E-state index is 13.4. The van der Waals surface area contributed by atoms with Crippen LogP contribution in [0.4, 0.5) is 10.2 Å². The number of hydrogen-bond donors (Lipinski definition) is 1. The summed E-state index contributed by atoms with van der Waals surface area (Å²) in [5.74, 6) is 0.0375. The molecule has 37 heavy (non-hydrogen) atoms. The predicted molar refractivity (Wildman–Crippen MR) is 141 cm³/mol. The Balaban J connectivity index is 1.68. The zero-order chi connectivity index (χ0) is 26.5. The number of methoxy groups -OCH3 is 1. The van der Waals surface area contributed by atoms with Crippen molar-refractivity contribution in [2.75, 3.05) is 19.0 Å². The summed E-state index contributed by atoms with van der Waals surface area (Å²) < 4.78 is 20.3. The van der Waals surface area contributed by atoms with Gasteiger partial charge in [-0.15, -0.1) is 0 Å². The number of aryl methyl sites for hydroxylation is 1. The summed E-state index contributed by atoms with van der Waals surface area (Å²) in [6.45, 7) is 5.36. The minimum Gasteiger partial charge on any atom is -0.497 e. The number of ether oxygens (including phenoxy) is 1. The Morgan fingerprint density at radius 3 is 2.24 bits per heavy atom. The van der Waals surface area contributed by atoms with Crippen LogP contribution in [0.2, 0.25) is 0 Å². The molecule has 0 aliphatic rings. The molecule has 0 aliphatic heterocycles. The minimum absolute atomic E-state index is 0.186. The number of nitrogens with zero attached hydrogens (tertiary/aromatic N) is 3. The van der Waals surface area contributed by atoms with E-state index in [-0.39, 0.29) is 24.4 Å². The second-order valence-corrected chi connectivity index (χ2v) is 8.87. The van der Waals surface area contributed by atoms with Crippen LogP contribution in [-0.4, -0.2) is 46.2 Å². The van der Waals surface area contributed by atoms with Crippen LogP contribution in [-0.2, 0) is 4.79 Å². The number of carbonyl (C=O) groups is 2. The summed E-state index contributed by atoms with van der Waals surface area (Å²) in [4.78, 5) is 27.9. The van der Waals surface area contributed by atoms with Crippen LogP contribution < -0.4 is 10.1 Å². The topological polar surface area (TPSA) is 76.5 Å². The van der Waals surface area contributed by atoms with Crippen LogP contribution in [0.1, 0.15) is 29.9 Å². The molecule has 0 unspecified atom stereocenters. The highest BCUT2D eigenvalue weighted by atomic mass is 19.1. The van der Waals surface area contributed by atoms with Crippen molar-refractivity contribution >= 4 is 17.6 Å². The lowest BCUT2D eigenvalue weighted by atomic mass is 10.1. The highest BCUT2D eigenvalue weighted by molar-refractivity contribution is 6.01. The summed E-state index contributed by atoms with van der Waals surface area (Å²) in [5, 5.41) is 7.72. The molecule has 190 valence electrons. The minimum atomic E-state index is -0.430. The van der Waals surface area contributed by atoms with Crippen molar-refractivity contribution in [1.29, 1.82) is 0 Å². The lowest BCUT2D eigenvalue weighted by Gasteiger charge is -2.26. The molecule has 0 bridgehead atoms. The summed E-state index contributed by atoms with van der Waals surface area (Å²) in [6, 6.07) is 22.1. The van der Waals surface area contributed by atoms with Crippen LogP contribution >= 0.6 is 0 Å². The Bertz CT molecular complexity index is 1380. The predicted octanol–water partition coefficient (Wildman–Crippen LogP) is 5.48. The Morgan fingerprint density at radius 1 is 1.00 bits per heavy atom. The first kappa shape index (κ1) is 25.6. The second kappa shape index (κ2) is 11.1. The van der Waals surface area contributed by atoms with Gasteiger partial charge in [0.25, 0.3) is 5.91 Å². The Labute approximate surface area is 215 Å². The fourth-order valence-electron chi connectivity index (χ4n) is 4.08. The molecule has 0 spiro atoms. The third kappa shape index (κ3) is 5.69. The Kier molecular flexibility index (Phi) is 7.67. The normalized spacial score (nSPS) is 10.9. The SMILES string of the molecule is COc1ccc(-n2nc(C)c(-c3ccccc3)c2NC(=O)CN(C(=O)c2ccc(F)cc2)C(C)C)cc1. The van der Waals surface area contributed by atoms with Crippen molar-refractivity contribution in [2.24, 2.45) is 0 Å². The molecule has 4 aromatic rings. The number of carbonyl (C=O) groups excluding carboxylic acids is 2. The van der Waals surface area contributed by atoms with Crippen molar-refractivity contribution < 1.29 is 18.7 Å². The zero-order valence-electron chi connectivity index (χ0n) is 21.2. The first-order chi connectivity index (χ1) is 17.8. The first-order valence-corrected chi connectivity index (χ1v) is 11.9. The van der Waals surface area contributed by atoms with Crippen LogP contribution in [0, 0.1) is 12.7 Å². The number of anilines is 1. The fourth-order valence-corrected chi connectivity index (χ4v) is 4.08. The molecule has 0 saturated carbocycles. The van der Waals surface area contributed by atoms with E-state index in [1.54, 1.807) is 11.8 Å². The third-order valence-corrected chi connectivity index (χ3v) is 5.99. The van der Waals surface area contributed by atoms with Gasteiger partial charge in [-0.05, 0) is 74.9 Å². The second-order valence-electron chi connectivity index (χ2n) is 8.87. The van der Waals surface area contributed by atoms with Gasteiger partial charge in [0, 0.05) is 17.2 Å². The molecule has 1 aromatic heterocycles. The molecule has 0 atom stereocenters. The molecular formula is C29H29FN4O3. The lowest BCUT2D eigenvalue weighted by Crippen LogP contribution is -2.42. The highest BCUT2D eigenvalue weighted by Crippen LogP contribution is 2.33. The summed E-state index contributed by atoms with van der Waals surface area (Å²) >= 11 is 0. The number of rotatable bonds is 8. The number of halogens is 1. The van der Waals surface area contributed by atoms with Crippen LogP contribution in [0.3, 0.4) is 0 Å². The van der Waals surface area contributed by atoms with E-state index in [4.69, 9.17) is 9.84 Å². The van der Waals surface area contributed by atoms with E-state index in [1.165, 1.54) is 29.2 Å². The maximum absolute atomic E-state index is 13.4. The Morgan fingerprint density at radius 2 is 1.65 bits per heavy atom. The summed E-state index contributed by atoms with van der Waals surface area (Å²) in [7, 11) is 1.60. The monoisotopic (exact) mass is 500 g/mol. The van der Waals surface area contributed by atoms with Gasteiger partial charge in [0.05, 0.1) is 18.5 Å². The molecule has 7 nitrogen and oxygen atoms in total. The Hall–Kier alpha value is -4.46. The van der Waals surface area contributed by atoms with Crippen molar-refractivity contribution in [3.63, 3.8) is 0 Å². The van der Waals surface area contributed by atoms with E-state index in [9.17, 15) is 14.0 Å². The number of amides is 2. The molecule has 1 N–H and O–H groups in total. The number of hydrogen-bond acceptors (Lipinski definition) is 4. The molecule has 4 rings (SSSR count). The van der Waals surface area contributed by atoms with Crippen molar-refractivity contribution in [1.82, 2.24) is 14.7 Å². The highest BCUT2D eigenvalue weighted by Gasteiger charge is 2.25. The third-order valence-electron chi connectivity index (χ3n) is 5.99. The first-order valence-electron chi connectivity index (χ1n) is 11.9. The average molecular weight is 501 g/mol. The molecule has 8 heteroatoms. The summed E-state index contributed by atoms with van der Waals surface area (Å²) in [5.41, 5.74) is 3.47. The van der Waals surface area contributed by atoms with Gasteiger partial charge in [-0.2, -0.15) is 5.10 Å². The quantitative estimate of drug-likeness (QED) is 0.347. The molecule has 0 radical (unpaired) electrons. The van der Waals surface area contributed by atoms with Gasteiger partial charge in [0.2, 0.25) is 5.91 Å². The fraction of sp³-hybridized carbons (Fsp3) is 0.207. The average Bonchev–Trinajstić information content (AvgIpc) is 3.23. The van der Waals surface area contributed by atoms with E-state index >= 15 is 0 Å². The van der Waals surface area contributed by atoms with E-state index in [1.807, 2.05) is 75.4 Å². The van der Waals surface area contributed by atoms with Gasteiger partial charge in [0.1, 0.15) is 23.9 Å². The lowest BCUT2D eigenvalue weighted by molar-refractivity contribution is -0.117. The van der Waals surface area contributed by atoms with Gasteiger partial charge in [-0.25, -0.2) is 9.07 Å². The van der Waals surface area contributed by atoms with Gasteiger partial charge >= 0.3 is 0 Å². The number of benzene rings is 3. The standard InChI is InChI=1S/C29H29FN4O3/c1-19(2)33(29(36)22-10-12-23(30)13-11-22)18-26(35)31-28-27(21-8-6-5-7-9-21)20(3)32-34(28)24-14-16-25(37-4)17-15-24/h5-17,19H,18H2,1-4H3,(H,31,35). The van der Waals surface area contributed by atoms with Crippen molar-refractivity contribution in [2.45, 2.75) is 26.8 Å². The van der Waals surface area contributed by atoms with E-state index in [0.717, 1.165) is 22.5 Å². The van der Waals surface area contributed by atoms with E-state index < -0.39 is 5.82 Å². The molecule has 1 heterocycles. The number of aromatic nitrogens is 2. The maximum Gasteiger partial charge on any atom is 0.254 e. The van der Waals surface area contributed by atoms with Gasteiger partial charge < -0.3 is 15.0 Å². The van der Waals surface area contributed by atoms with Crippen LogP contribution in [0.25, 0.3) is 16.8 Å². The van der Waals surface area contributed by atoms with Crippen LogP contribution in [0.5, 0.6) is 5.75 Å². The number of nitrogens with one attached hydrogen (secondary N) is 1. The van der Waals surface area contributed by atoms with Crippen molar-refractivity contribution in [3.8, 4) is 22.6 Å². The van der Waals surface area contributed by atoms with Gasteiger partial charge in [-0.1, -0.05) is 30.3 Å². The molecular weight excluding hydrogens is 471 g/mol. The molecule has 0 fully saturated rings. The smallest absolute Gasteiger partial charge is 0.254 e. The largest absolute Gasteiger partial charge is 0.497 e. The van der Waals surface area contributed by atoms with Gasteiger partial charge in [0.15, 0.2) is 0 Å². The van der Waals surface area contributed by atoms with E-state index in [2.05, 4.69) is 5.32 Å². The molecule has 3 aromatic carbocycles. The summed E-state index contributed by atoms with van der Waals surface area (Å²) in [6.07, 6.45) is 0. The van der Waals surface area contributed by atoms with E-state index in [0.29, 0.717) is 17.1 Å². The zero-order valence-corrected chi connectivity index (χ0v) is 21.2. The molecule has 0 aliphatic carbocycles. The molecule has 0 saturated heterocycles. The van der Waals surface area contributed by atoms with Crippen LogP contribution in [0.15, 0.2) is 78.9 Å². The van der Waals surface area contributed by atoms with Crippen molar-refractivity contribution in [3.05, 3.63) is 95.9 Å².